The molecule has 1 aromatic carbocycles. The molecule has 0 saturated heterocycles. The first-order valence-electron chi connectivity index (χ1n) is 6.26. The Kier molecular flexibility index (Phi) is 6.25. The second-order valence-corrected chi connectivity index (χ2v) is 7.78. The molecule has 0 bridgehead atoms. The van der Waals surface area contributed by atoms with Gasteiger partial charge < -0.3 is 5.32 Å². The zero-order valence-electron chi connectivity index (χ0n) is 11.8. The topological polar surface area (TPSA) is 66.5 Å². The highest BCUT2D eigenvalue weighted by atomic mass is 127. The molecular formula is C13H19IN2O3S. The van der Waals surface area contributed by atoms with Crippen molar-refractivity contribution < 1.29 is 13.2 Å². The van der Waals surface area contributed by atoms with Gasteiger partial charge in [0.25, 0.3) is 0 Å². The van der Waals surface area contributed by atoms with E-state index in [2.05, 4.69) is 27.9 Å². The van der Waals surface area contributed by atoms with E-state index in [1.54, 1.807) is 24.3 Å². The molecule has 1 N–H and O–H groups in total. The predicted molar refractivity (Wildman–Crippen MR) is 89.2 cm³/mol. The van der Waals surface area contributed by atoms with Crippen LogP contribution < -0.4 is 9.62 Å². The molecule has 0 aliphatic heterocycles. The van der Waals surface area contributed by atoms with Gasteiger partial charge in [-0.1, -0.05) is 6.92 Å². The zero-order chi connectivity index (χ0) is 15.3. The van der Waals surface area contributed by atoms with Crippen molar-refractivity contribution in [2.24, 2.45) is 0 Å². The van der Waals surface area contributed by atoms with Crippen LogP contribution >= 0.6 is 22.6 Å². The Morgan fingerprint density at radius 2 is 1.90 bits per heavy atom. The molecule has 7 heteroatoms. The third-order valence-electron chi connectivity index (χ3n) is 2.82. The van der Waals surface area contributed by atoms with E-state index in [-0.39, 0.29) is 18.5 Å². The molecule has 0 spiro atoms. The fourth-order valence-corrected chi connectivity index (χ4v) is 2.78. The third kappa shape index (κ3) is 5.28. The van der Waals surface area contributed by atoms with E-state index < -0.39 is 10.0 Å². The number of carbonyl (C=O) groups is 1. The lowest BCUT2D eigenvalue weighted by atomic mass is 10.2. The van der Waals surface area contributed by atoms with E-state index in [0.29, 0.717) is 5.69 Å². The average molecular weight is 410 g/mol. The molecule has 0 aliphatic rings. The highest BCUT2D eigenvalue weighted by molar-refractivity contribution is 14.1. The van der Waals surface area contributed by atoms with Gasteiger partial charge in [0, 0.05) is 9.61 Å². The highest BCUT2D eigenvalue weighted by Crippen LogP contribution is 2.18. The van der Waals surface area contributed by atoms with Crippen molar-refractivity contribution >= 4 is 44.2 Å². The number of nitrogens with zero attached hydrogens (tertiary/aromatic N) is 1. The van der Waals surface area contributed by atoms with Crippen LogP contribution in [0.3, 0.4) is 0 Å². The van der Waals surface area contributed by atoms with Gasteiger partial charge in [0.1, 0.15) is 6.54 Å². The van der Waals surface area contributed by atoms with Gasteiger partial charge in [0.05, 0.1) is 11.9 Å². The molecule has 5 nitrogen and oxygen atoms in total. The molecule has 0 radical (unpaired) electrons. The first-order valence-corrected chi connectivity index (χ1v) is 9.19. The summed E-state index contributed by atoms with van der Waals surface area (Å²) in [5, 5.41) is 2.77. The quantitative estimate of drug-likeness (QED) is 0.730. The van der Waals surface area contributed by atoms with Crippen molar-refractivity contribution in [2.75, 3.05) is 17.1 Å². The summed E-state index contributed by atoms with van der Waals surface area (Å²) < 4.78 is 25.8. The Bertz CT molecular complexity index is 557. The fraction of sp³-hybridized carbons (Fsp3) is 0.462. The molecule has 0 saturated carbocycles. The SMILES string of the molecule is CC[C@@H](C)NC(=O)CN(c1ccc(I)cc1)S(C)(=O)=O. The normalized spacial score (nSPS) is 12.8. The minimum Gasteiger partial charge on any atom is -0.352 e. The van der Waals surface area contributed by atoms with Gasteiger partial charge >= 0.3 is 0 Å². The van der Waals surface area contributed by atoms with Crippen LogP contribution in [0.4, 0.5) is 5.69 Å². The summed E-state index contributed by atoms with van der Waals surface area (Å²) in [6.07, 6.45) is 1.90. The first kappa shape index (κ1) is 17.2. The number of hydrogen-bond acceptors (Lipinski definition) is 3. The second-order valence-electron chi connectivity index (χ2n) is 4.62. The zero-order valence-corrected chi connectivity index (χ0v) is 14.7. The van der Waals surface area contributed by atoms with Crippen LogP contribution in [0.5, 0.6) is 0 Å². The van der Waals surface area contributed by atoms with Gasteiger partial charge in [0.2, 0.25) is 15.9 Å². The number of carbonyl (C=O) groups excluding carboxylic acids is 1. The summed E-state index contributed by atoms with van der Waals surface area (Å²) in [6.45, 7) is 3.63. The summed E-state index contributed by atoms with van der Waals surface area (Å²) in [5.41, 5.74) is 0.493. The van der Waals surface area contributed by atoms with Crippen LogP contribution in [-0.2, 0) is 14.8 Å². The number of anilines is 1. The van der Waals surface area contributed by atoms with Crippen LogP contribution in [0, 0.1) is 3.57 Å². The first-order chi connectivity index (χ1) is 9.24. The van der Waals surface area contributed by atoms with E-state index >= 15 is 0 Å². The lowest BCUT2D eigenvalue weighted by Crippen LogP contribution is -2.43. The lowest BCUT2D eigenvalue weighted by Gasteiger charge is -2.23. The minimum absolute atomic E-state index is 0.0284. The standard InChI is InChI=1S/C13H19IN2O3S/c1-4-10(2)15-13(17)9-16(20(3,18)19)12-7-5-11(14)6-8-12/h5-8,10H,4,9H2,1-3H3,(H,15,17)/t10-/m1/s1. The van der Waals surface area contributed by atoms with E-state index in [1.807, 2.05) is 13.8 Å². The summed E-state index contributed by atoms with van der Waals surface area (Å²) in [6, 6.07) is 7.03. The molecule has 112 valence electrons. The van der Waals surface area contributed by atoms with Crippen LogP contribution in [0.2, 0.25) is 0 Å². The number of rotatable bonds is 6. The monoisotopic (exact) mass is 410 g/mol. The third-order valence-corrected chi connectivity index (χ3v) is 4.68. The highest BCUT2D eigenvalue weighted by Gasteiger charge is 2.21. The van der Waals surface area contributed by atoms with Crippen LogP contribution in [0.15, 0.2) is 24.3 Å². The predicted octanol–water partition coefficient (Wildman–Crippen LogP) is 1.97. The lowest BCUT2D eigenvalue weighted by molar-refractivity contribution is -0.120. The number of amides is 1. The Balaban J connectivity index is 2.92. The maximum atomic E-state index is 11.9. The number of nitrogens with one attached hydrogen (secondary N) is 1. The molecule has 0 unspecified atom stereocenters. The van der Waals surface area contributed by atoms with E-state index in [4.69, 9.17) is 0 Å². The smallest absolute Gasteiger partial charge is 0.240 e. The van der Waals surface area contributed by atoms with Crippen LogP contribution in [-0.4, -0.2) is 33.2 Å². The Labute approximate surface area is 133 Å². The van der Waals surface area contributed by atoms with Crippen molar-refractivity contribution in [1.29, 1.82) is 0 Å². The molecule has 1 atom stereocenters. The molecular weight excluding hydrogens is 391 g/mol. The maximum absolute atomic E-state index is 11.9. The van der Waals surface area contributed by atoms with E-state index in [0.717, 1.165) is 20.6 Å². The molecule has 1 amide bonds. The largest absolute Gasteiger partial charge is 0.352 e. The van der Waals surface area contributed by atoms with Crippen molar-refractivity contribution in [1.82, 2.24) is 5.32 Å². The van der Waals surface area contributed by atoms with Crippen molar-refractivity contribution in [3.05, 3.63) is 27.8 Å². The van der Waals surface area contributed by atoms with Crippen molar-refractivity contribution in [2.45, 2.75) is 26.3 Å². The van der Waals surface area contributed by atoms with Gasteiger partial charge in [0.15, 0.2) is 0 Å². The van der Waals surface area contributed by atoms with Gasteiger partial charge in [-0.05, 0) is 60.2 Å². The minimum atomic E-state index is -3.50. The summed E-state index contributed by atoms with van der Waals surface area (Å²) in [5.74, 6) is -0.302. The van der Waals surface area contributed by atoms with Gasteiger partial charge in [-0.15, -0.1) is 0 Å². The Morgan fingerprint density at radius 1 is 1.35 bits per heavy atom. The summed E-state index contributed by atoms with van der Waals surface area (Å²) in [4.78, 5) is 11.9. The fourth-order valence-electron chi connectivity index (χ4n) is 1.56. The summed E-state index contributed by atoms with van der Waals surface area (Å²) in [7, 11) is -3.50. The van der Waals surface area contributed by atoms with Crippen LogP contribution in [0.1, 0.15) is 20.3 Å². The molecule has 1 rings (SSSR count). The molecule has 0 fully saturated rings. The molecule has 0 aliphatic carbocycles. The van der Waals surface area contributed by atoms with Crippen molar-refractivity contribution in [3.8, 4) is 0 Å². The molecule has 0 heterocycles. The molecule has 0 aromatic heterocycles. The summed E-state index contributed by atoms with van der Waals surface area (Å²) >= 11 is 2.14. The van der Waals surface area contributed by atoms with E-state index in [9.17, 15) is 13.2 Å². The Hall–Kier alpha value is -0.830. The average Bonchev–Trinajstić information content (AvgIpc) is 2.36. The Morgan fingerprint density at radius 3 is 2.35 bits per heavy atom. The van der Waals surface area contributed by atoms with Crippen LogP contribution in [0.25, 0.3) is 0 Å². The molecule has 1 aromatic rings. The number of benzene rings is 1. The second kappa shape index (κ2) is 7.26. The maximum Gasteiger partial charge on any atom is 0.240 e. The number of hydrogen-bond donors (Lipinski definition) is 1. The molecule has 20 heavy (non-hydrogen) atoms. The number of halogens is 1. The van der Waals surface area contributed by atoms with Gasteiger partial charge in [-0.2, -0.15) is 0 Å². The van der Waals surface area contributed by atoms with Crippen molar-refractivity contribution in [3.63, 3.8) is 0 Å². The number of sulfonamides is 1. The van der Waals surface area contributed by atoms with Gasteiger partial charge in [-0.3, -0.25) is 9.10 Å². The van der Waals surface area contributed by atoms with Gasteiger partial charge in [-0.25, -0.2) is 8.42 Å². The van der Waals surface area contributed by atoms with E-state index in [1.165, 1.54) is 0 Å².